The van der Waals surface area contributed by atoms with Crippen molar-refractivity contribution in [2.24, 2.45) is 0 Å². The summed E-state index contributed by atoms with van der Waals surface area (Å²) in [6.07, 6.45) is 59.3. The van der Waals surface area contributed by atoms with Gasteiger partial charge in [0.15, 0.2) is 0 Å². The Balaban J connectivity index is 4.07. The maximum Gasteiger partial charge on any atom is 0.472 e. The van der Waals surface area contributed by atoms with Crippen LogP contribution in [-0.4, -0.2) is 66.3 Å². The van der Waals surface area contributed by atoms with Crippen molar-refractivity contribution in [2.75, 3.05) is 33.0 Å². The van der Waals surface area contributed by atoms with Crippen molar-refractivity contribution in [1.29, 1.82) is 0 Å². The smallest absolute Gasteiger partial charge is 0.457 e. The number of aliphatic hydroxyl groups is 2. The van der Waals surface area contributed by atoms with Gasteiger partial charge < -0.3 is 24.6 Å². The predicted octanol–water partition coefficient (Wildman–Crippen LogP) is 15.7. The summed E-state index contributed by atoms with van der Waals surface area (Å²) in [5, 5.41) is 18.4. The molecule has 3 N–H and O–H groups in total. The van der Waals surface area contributed by atoms with Crippen LogP contribution in [0.1, 0.15) is 245 Å². The first-order valence-corrected chi connectivity index (χ1v) is 28.1. The molecule has 0 spiro atoms. The maximum atomic E-state index is 12.7. The van der Waals surface area contributed by atoms with Crippen molar-refractivity contribution in [3.05, 3.63) is 48.6 Å². The Kier molecular flexibility index (Phi) is 49.6. The summed E-state index contributed by atoms with van der Waals surface area (Å²) in [7, 11) is -4.53. The zero-order valence-electron chi connectivity index (χ0n) is 41.5. The standard InChI is InChI=1S/C54H101O9P/c1-3-5-7-9-11-13-15-17-19-21-23-24-25-26-27-29-31-33-35-37-39-41-43-45-47-60-50-53(51-62-64(58,59)61-49-52(56)48-55)63-54(57)46-44-42-40-38-36-34-32-30-28-22-20-18-16-14-12-10-8-6-4-2/h15,17-18,20-21,23,25-26,52-53,55-56H,3-14,16,19,22,24,27-51H2,1-2H3,(H,58,59)/b17-15-,20-18-,23-21-,26-25-. The highest BCUT2D eigenvalue weighted by molar-refractivity contribution is 7.47. The molecular formula is C54H101O9P. The number of unbranched alkanes of at least 4 members (excludes halogenated alkanes) is 29. The van der Waals surface area contributed by atoms with E-state index in [0.29, 0.717) is 6.61 Å². The van der Waals surface area contributed by atoms with E-state index >= 15 is 0 Å². The molecule has 3 unspecified atom stereocenters. The molecule has 376 valence electrons. The summed E-state index contributed by atoms with van der Waals surface area (Å²) in [5.74, 6) is -0.385. The lowest BCUT2D eigenvalue weighted by Crippen LogP contribution is -2.29. The van der Waals surface area contributed by atoms with E-state index in [9.17, 15) is 19.4 Å². The quantitative estimate of drug-likeness (QED) is 0.0236. The minimum Gasteiger partial charge on any atom is -0.457 e. The monoisotopic (exact) mass is 925 g/mol. The maximum absolute atomic E-state index is 12.7. The lowest BCUT2D eigenvalue weighted by molar-refractivity contribution is -0.154. The van der Waals surface area contributed by atoms with E-state index < -0.39 is 33.2 Å². The number of ether oxygens (including phenoxy) is 2. The molecule has 0 saturated carbocycles. The fraction of sp³-hybridized carbons (Fsp3) is 0.833. The first-order valence-electron chi connectivity index (χ1n) is 26.6. The second-order valence-electron chi connectivity index (χ2n) is 17.9. The first kappa shape index (κ1) is 62.4. The second-order valence-corrected chi connectivity index (χ2v) is 19.3. The van der Waals surface area contributed by atoms with E-state index in [-0.39, 0.29) is 25.6 Å². The highest BCUT2D eigenvalue weighted by atomic mass is 31.2. The third kappa shape index (κ3) is 49.8. The molecular weight excluding hydrogens is 824 g/mol. The van der Waals surface area contributed by atoms with Crippen LogP contribution in [0.15, 0.2) is 48.6 Å². The summed E-state index contributed by atoms with van der Waals surface area (Å²) in [5.41, 5.74) is 0. The number of carbonyl (C=O) groups excluding carboxylic acids is 1. The van der Waals surface area contributed by atoms with Gasteiger partial charge in [0.1, 0.15) is 12.2 Å². The second kappa shape index (κ2) is 50.8. The molecule has 0 saturated heterocycles. The van der Waals surface area contributed by atoms with E-state index in [1.54, 1.807) is 0 Å². The third-order valence-corrected chi connectivity index (χ3v) is 12.4. The zero-order chi connectivity index (χ0) is 46.7. The van der Waals surface area contributed by atoms with Crippen molar-refractivity contribution in [1.82, 2.24) is 0 Å². The van der Waals surface area contributed by atoms with Crippen LogP contribution in [-0.2, 0) is 27.9 Å². The molecule has 0 aromatic carbocycles. The molecule has 0 amide bonds. The van der Waals surface area contributed by atoms with Gasteiger partial charge >= 0.3 is 13.8 Å². The van der Waals surface area contributed by atoms with Crippen molar-refractivity contribution >= 4 is 13.8 Å². The molecule has 0 rings (SSSR count). The average Bonchev–Trinajstić information content (AvgIpc) is 3.29. The summed E-state index contributed by atoms with van der Waals surface area (Å²) in [6, 6.07) is 0. The molecule has 0 radical (unpaired) electrons. The molecule has 0 bridgehead atoms. The molecule has 0 aliphatic heterocycles. The van der Waals surface area contributed by atoms with Gasteiger partial charge in [-0.05, 0) is 77.0 Å². The molecule has 64 heavy (non-hydrogen) atoms. The van der Waals surface area contributed by atoms with Gasteiger partial charge in [0.05, 0.1) is 26.4 Å². The summed E-state index contributed by atoms with van der Waals surface area (Å²) >= 11 is 0. The first-order chi connectivity index (χ1) is 31.3. The van der Waals surface area contributed by atoms with Crippen LogP contribution in [0.2, 0.25) is 0 Å². The normalized spacial score (nSPS) is 14.1. The lowest BCUT2D eigenvalue weighted by Gasteiger charge is -2.20. The van der Waals surface area contributed by atoms with Crippen LogP contribution in [0.25, 0.3) is 0 Å². The highest BCUT2D eigenvalue weighted by Crippen LogP contribution is 2.43. The van der Waals surface area contributed by atoms with Crippen LogP contribution in [0, 0.1) is 0 Å². The number of allylic oxidation sites excluding steroid dienone is 8. The Hall–Kier alpha value is -1.58. The van der Waals surface area contributed by atoms with Crippen LogP contribution in [0.4, 0.5) is 0 Å². The predicted molar refractivity (Wildman–Crippen MR) is 270 cm³/mol. The SMILES string of the molecule is CCCCCCC/C=C\C/C=C\C/C=C\CCCCCCCCCCCOCC(COP(=O)(O)OCC(O)CO)OC(=O)CCCCCCCCCCC/C=C\CCCCCCCC. The van der Waals surface area contributed by atoms with Crippen LogP contribution < -0.4 is 0 Å². The molecule has 0 fully saturated rings. The van der Waals surface area contributed by atoms with Crippen molar-refractivity contribution in [3.8, 4) is 0 Å². The fourth-order valence-corrected chi connectivity index (χ4v) is 8.21. The van der Waals surface area contributed by atoms with Crippen LogP contribution in [0.5, 0.6) is 0 Å². The molecule has 10 heteroatoms. The fourth-order valence-electron chi connectivity index (χ4n) is 7.42. The molecule has 0 aromatic heterocycles. The van der Waals surface area contributed by atoms with Gasteiger partial charge in [-0.1, -0.05) is 210 Å². The van der Waals surface area contributed by atoms with Gasteiger partial charge in [-0.15, -0.1) is 0 Å². The van der Waals surface area contributed by atoms with Crippen molar-refractivity contribution in [2.45, 2.75) is 257 Å². The third-order valence-electron chi connectivity index (χ3n) is 11.5. The van der Waals surface area contributed by atoms with E-state index in [1.807, 2.05) is 0 Å². The number of carbonyl (C=O) groups is 1. The van der Waals surface area contributed by atoms with Gasteiger partial charge in [-0.3, -0.25) is 13.8 Å². The molecule has 0 aliphatic rings. The summed E-state index contributed by atoms with van der Waals surface area (Å²) in [6.45, 7) is 3.52. The largest absolute Gasteiger partial charge is 0.472 e. The Labute approximate surface area is 394 Å². The van der Waals surface area contributed by atoms with E-state index in [1.165, 1.54) is 167 Å². The van der Waals surface area contributed by atoms with E-state index in [0.717, 1.165) is 57.8 Å². The van der Waals surface area contributed by atoms with Gasteiger partial charge in [0.2, 0.25) is 0 Å². The highest BCUT2D eigenvalue weighted by Gasteiger charge is 2.26. The minimum atomic E-state index is -4.53. The number of rotatable bonds is 51. The van der Waals surface area contributed by atoms with Crippen LogP contribution >= 0.6 is 7.82 Å². The zero-order valence-corrected chi connectivity index (χ0v) is 42.4. The van der Waals surface area contributed by atoms with Gasteiger partial charge in [0.25, 0.3) is 0 Å². The Morgan fingerprint density at radius 1 is 0.484 bits per heavy atom. The van der Waals surface area contributed by atoms with E-state index in [2.05, 4.69) is 62.5 Å². The molecule has 9 nitrogen and oxygen atoms in total. The number of hydrogen-bond acceptors (Lipinski definition) is 8. The average molecular weight is 925 g/mol. The number of phosphoric acid groups is 1. The van der Waals surface area contributed by atoms with Gasteiger partial charge in [-0.2, -0.15) is 0 Å². The summed E-state index contributed by atoms with van der Waals surface area (Å²) < 4.78 is 33.6. The molecule has 3 atom stereocenters. The number of aliphatic hydroxyl groups excluding tert-OH is 2. The number of hydrogen-bond donors (Lipinski definition) is 3. The van der Waals surface area contributed by atoms with Gasteiger partial charge in [-0.25, -0.2) is 4.57 Å². The number of esters is 1. The van der Waals surface area contributed by atoms with Gasteiger partial charge in [0, 0.05) is 13.0 Å². The molecule has 0 heterocycles. The molecule has 0 aromatic rings. The summed E-state index contributed by atoms with van der Waals surface area (Å²) in [4.78, 5) is 22.7. The van der Waals surface area contributed by atoms with Crippen LogP contribution in [0.3, 0.4) is 0 Å². The number of phosphoric ester groups is 1. The Morgan fingerprint density at radius 2 is 0.844 bits per heavy atom. The van der Waals surface area contributed by atoms with E-state index in [4.69, 9.17) is 23.6 Å². The Morgan fingerprint density at radius 3 is 1.28 bits per heavy atom. The van der Waals surface area contributed by atoms with Crippen molar-refractivity contribution < 1.29 is 43.0 Å². The topological polar surface area (TPSA) is 132 Å². The molecule has 0 aliphatic carbocycles. The van der Waals surface area contributed by atoms with Crippen molar-refractivity contribution in [3.63, 3.8) is 0 Å². The Bertz CT molecular complexity index is 1140. The lowest BCUT2D eigenvalue weighted by atomic mass is 10.1. The minimum absolute atomic E-state index is 0.0450.